The highest BCUT2D eigenvalue weighted by Gasteiger charge is 2.61. The standard InChI is InChI=1S/C27H27F6N5O4/c1-5-7-14-24(3,4)35-21-18(26(28,29)30)15-19(38(39)40)20(34-21)22-36-37-23(42-22)25(13-6-2,27(31,32)33)41-16-17-11-9-8-10-12-17/h5-6,8-12,15H,1-2,7,13-14,16H2,3-4H3,(H,34,35)/t25-/m1/s1. The van der Waals surface area contributed by atoms with Crippen LogP contribution in [0.3, 0.4) is 0 Å². The number of allylic oxidation sites excluding steroid dienone is 1. The molecule has 0 bridgehead atoms. The van der Waals surface area contributed by atoms with Crippen LogP contribution in [0.1, 0.15) is 50.1 Å². The Morgan fingerprint density at radius 1 is 1.07 bits per heavy atom. The predicted molar refractivity (Wildman–Crippen MR) is 140 cm³/mol. The number of hydrogen-bond donors (Lipinski definition) is 1. The van der Waals surface area contributed by atoms with Crippen LogP contribution in [0.4, 0.5) is 37.8 Å². The van der Waals surface area contributed by atoms with Crippen molar-refractivity contribution in [3.63, 3.8) is 0 Å². The SMILES string of the molecule is C=CCCC(C)(C)Nc1nc(-c2nnc([C@@](CC=C)(OCc3ccccc3)C(F)(F)F)o2)c([N+](=O)[O-])cc1C(F)(F)F. The van der Waals surface area contributed by atoms with Crippen molar-refractivity contribution in [2.24, 2.45) is 0 Å². The first-order valence-electron chi connectivity index (χ1n) is 12.4. The molecule has 9 nitrogen and oxygen atoms in total. The van der Waals surface area contributed by atoms with Crippen LogP contribution in [0, 0.1) is 10.1 Å². The Morgan fingerprint density at radius 2 is 1.74 bits per heavy atom. The summed E-state index contributed by atoms with van der Waals surface area (Å²) in [5.74, 6) is -2.87. The zero-order valence-corrected chi connectivity index (χ0v) is 22.6. The van der Waals surface area contributed by atoms with Crippen LogP contribution in [0.15, 0.2) is 66.1 Å². The molecule has 0 spiro atoms. The molecule has 3 aromatic rings. The fraction of sp³-hybridized carbons (Fsp3) is 0.370. The second-order valence-electron chi connectivity index (χ2n) is 9.85. The topological polar surface area (TPSA) is 116 Å². The molecule has 42 heavy (non-hydrogen) atoms. The van der Waals surface area contributed by atoms with Gasteiger partial charge >= 0.3 is 18.0 Å². The predicted octanol–water partition coefficient (Wildman–Crippen LogP) is 7.77. The molecule has 3 rings (SSSR count). The lowest BCUT2D eigenvalue weighted by atomic mass is 9.98. The number of ether oxygens (including phenoxy) is 1. The number of nitrogens with zero attached hydrogens (tertiary/aromatic N) is 4. The summed E-state index contributed by atoms with van der Waals surface area (Å²) < 4.78 is 96.0. The van der Waals surface area contributed by atoms with Gasteiger partial charge in [-0.05, 0) is 32.3 Å². The lowest BCUT2D eigenvalue weighted by molar-refractivity contribution is -0.384. The maximum absolute atomic E-state index is 14.5. The van der Waals surface area contributed by atoms with Crippen molar-refractivity contribution in [3.8, 4) is 11.6 Å². The second-order valence-corrected chi connectivity index (χ2v) is 9.85. The van der Waals surface area contributed by atoms with Crippen LogP contribution in [-0.4, -0.2) is 31.8 Å². The van der Waals surface area contributed by atoms with Crippen LogP contribution in [-0.2, 0) is 23.1 Å². The number of aromatic nitrogens is 3. The first-order valence-corrected chi connectivity index (χ1v) is 12.4. The highest BCUT2D eigenvalue weighted by Crippen LogP contribution is 2.47. The molecule has 0 saturated heterocycles. The molecule has 0 aliphatic rings. The van der Waals surface area contributed by atoms with Crippen molar-refractivity contribution in [1.29, 1.82) is 0 Å². The van der Waals surface area contributed by atoms with Gasteiger partial charge in [-0.2, -0.15) is 26.3 Å². The first-order chi connectivity index (χ1) is 19.5. The largest absolute Gasteiger partial charge is 0.426 e. The fourth-order valence-corrected chi connectivity index (χ4v) is 3.95. The van der Waals surface area contributed by atoms with Gasteiger partial charge < -0.3 is 14.5 Å². The van der Waals surface area contributed by atoms with Crippen molar-refractivity contribution in [2.75, 3.05) is 5.32 Å². The molecular weight excluding hydrogens is 572 g/mol. The molecule has 2 aromatic heterocycles. The number of nitrogens with one attached hydrogen (secondary N) is 1. The first kappa shape index (κ1) is 32.2. The fourth-order valence-electron chi connectivity index (χ4n) is 3.95. The zero-order valence-electron chi connectivity index (χ0n) is 22.6. The van der Waals surface area contributed by atoms with E-state index in [-0.39, 0.29) is 6.07 Å². The zero-order chi connectivity index (χ0) is 31.3. The summed E-state index contributed by atoms with van der Waals surface area (Å²) in [7, 11) is 0. The van der Waals surface area contributed by atoms with E-state index in [4.69, 9.17) is 9.15 Å². The Hall–Kier alpha value is -4.27. The van der Waals surface area contributed by atoms with Gasteiger partial charge in [-0.3, -0.25) is 10.1 Å². The summed E-state index contributed by atoms with van der Waals surface area (Å²) in [6.07, 6.45) is -7.93. The highest BCUT2D eigenvalue weighted by molar-refractivity contribution is 5.68. The third-order valence-electron chi connectivity index (χ3n) is 6.13. The number of nitro groups is 1. The van der Waals surface area contributed by atoms with E-state index in [9.17, 15) is 36.5 Å². The number of rotatable bonds is 13. The molecule has 2 heterocycles. The van der Waals surface area contributed by atoms with E-state index in [1.165, 1.54) is 12.1 Å². The van der Waals surface area contributed by atoms with Gasteiger partial charge in [0.2, 0.25) is 11.3 Å². The smallest absolute Gasteiger partial charge is 0.415 e. The number of hydrogen-bond acceptors (Lipinski definition) is 8. The van der Waals surface area contributed by atoms with E-state index in [0.29, 0.717) is 18.4 Å². The summed E-state index contributed by atoms with van der Waals surface area (Å²) in [4.78, 5) is 14.4. The maximum atomic E-state index is 14.5. The normalized spacial score (nSPS) is 13.8. The van der Waals surface area contributed by atoms with Crippen molar-refractivity contribution >= 4 is 11.5 Å². The summed E-state index contributed by atoms with van der Waals surface area (Å²) >= 11 is 0. The molecule has 0 fully saturated rings. The van der Waals surface area contributed by atoms with Crippen LogP contribution < -0.4 is 5.32 Å². The minimum atomic E-state index is -5.15. The number of benzene rings is 1. The Bertz CT molecular complexity index is 1420. The quantitative estimate of drug-likeness (QED) is 0.0917. The minimum absolute atomic E-state index is 0.213. The van der Waals surface area contributed by atoms with Crippen molar-refractivity contribution in [2.45, 2.75) is 63.2 Å². The van der Waals surface area contributed by atoms with Gasteiger partial charge in [-0.15, -0.1) is 23.4 Å². The summed E-state index contributed by atoms with van der Waals surface area (Å²) in [6, 6.07) is 8.09. The van der Waals surface area contributed by atoms with E-state index >= 15 is 0 Å². The van der Waals surface area contributed by atoms with Gasteiger partial charge in [-0.25, -0.2) is 4.98 Å². The van der Waals surface area contributed by atoms with Gasteiger partial charge in [-0.1, -0.05) is 42.5 Å². The summed E-state index contributed by atoms with van der Waals surface area (Å²) in [6.45, 7) is 9.52. The average molecular weight is 600 g/mol. The summed E-state index contributed by atoms with van der Waals surface area (Å²) in [5.41, 5.74) is -7.40. The van der Waals surface area contributed by atoms with Crippen molar-refractivity contribution in [3.05, 3.63) is 88.8 Å². The number of alkyl halides is 6. The molecule has 1 N–H and O–H groups in total. The molecule has 0 saturated carbocycles. The molecule has 0 aliphatic carbocycles. The number of halogens is 6. The number of anilines is 1. The lowest BCUT2D eigenvalue weighted by Crippen LogP contribution is -2.45. The molecule has 0 aliphatic heterocycles. The summed E-state index contributed by atoms with van der Waals surface area (Å²) in [5, 5.41) is 21.4. The minimum Gasteiger partial charge on any atom is -0.415 e. The third kappa shape index (κ3) is 7.13. The van der Waals surface area contributed by atoms with Gasteiger partial charge in [0.1, 0.15) is 11.4 Å². The maximum Gasteiger partial charge on any atom is 0.426 e. The molecule has 0 radical (unpaired) electrons. The van der Waals surface area contributed by atoms with Gasteiger partial charge in [0.15, 0.2) is 0 Å². The van der Waals surface area contributed by atoms with E-state index in [1.54, 1.807) is 38.1 Å². The Kier molecular flexibility index (Phi) is 9.45. The molecule has 0 unspecified atom stereocenters. The third-order valence-corrected chi connectivity index (χ3v) is 6.13. The lowest BCUT2D eigenvalue weighted by Gasteiger charge is -2.31. The van der Waals surface area contributed by atoms with Gasteiger partial charge in [0, 0.05) is 18.0 Å². The molecule has 15 heteroatoms. The van der Waals surface area contributed by atoms with Gasteiger partial charge in [0.05, 0.1) is 11.5 Å². The molecular formula is C27H27F6N5O4. The molecule has 0 amide bonds. The van der Waals surface area contributed by atoms with E-state index in [1.807, 2.05) is 0 Å². The van der Waals surface area contributed by atoms with Crippen LogP contribution in [0.25, 0.3) is 11.6 Å². The van der Waals surface area contributed by atoms with Crippen LogP contribution in [0.2, 0.25) is 0 Å². The average Bonchev–Trinajstić information content (AvgIpc) is 3.39. The van der Waals surface area contributed by atoms with E-state index < -0.39 is 76.0 Å². The molecule has 1 atom stereocenters. The van der Waals surface area contributed by atoms with E-state index in [0.717, 1.165) is 6.08 Å². The van der Waals surface area contributed by atoms with Crippen LogP contribution in [0.5, 0.6) is 0 Å². The highest BCUT2D eigenvalue weighted by atomic mass is 19.4. The second kappa shape index (κ2) is 12.3. The van der Waals surface area contributed by atoms with Gasteiger partial charge in [0.25, 0.3) is 11.8 Å². The number of pyridine rings is 1. The van der Waals surface area contributed by atoms with Crippen molar-refractivity contribution in [1.82, 2.24) is 15.2 Å². The molecule has 226 valence electrons. The Morgan fingerprint density at radius 3 is 2.29 bits per heavy atom. The Labute approximate surface area is 236 Å². The molecule has 1 aromatic carbocycles. The Balaban J connectivity index is 2.18. The van der Waals surface area contributed by atoms with E-state index in [2.05, 4.69) is 33.7 Å². The van der Waals surface area contributed by atoms with Crippen molar-refractivity contribution < 1.29 is 40.4 Å². The monoisotopic (exact) mass is 599 g/mol. The van der Waals surface area contributed by atoms with Crippen LogP contribution >= 0.6 is 0 Å².